The van der Waals surface area contributed by atoms with Gasteiger partial charge < -0.3 is 5.11 Å². The van der Waals surface area contributed by atoms with Crippen LogP contribution in [0.5, 0.6) is 0 Å². The molecule has 0 bridgehead atoms. The third-order valence-electron chi connectivity index (χ3n) is 1.88. The molecule has 0 spiro atoms. The number of unbranched alkanes of at least 4 members (excludes halogenated alkanes) is 1. The van der Waals surface area contributed by atoms with Gasteiger partial charge in [-0.2, -0.15) is 0 Å². The molecule has 4 heteroatoms. The summed E-state index contributed by atoms with van der Waals surface area (Å²) in [6.45, 7) is 5.50. The van der Waals surface area contributed by atoms with Gasteiger partial charge in [0.05, 0.1) is 16.7 Å². The first-order valence-electron chi connectivity index (χ1n) is 4.33. The molecule has 1 unspecified atom stereocenters. The van der Waals surface area contributed by atoms with Crippen molar-refractivity contribution < 1.29 is 5.11 Å². The Kier molecular flexibility index (Phi) is 4.05. The van der Waals surface area contributed by atoms with E-state index < -0.39 is 6.10 Å². The molecule has 0 aliphatic heterocycles. The van der Waals surface area contributed by atoms with E-state index in [1.54, 1.807) is 0 Å². The highest BCUT2D eigenvalue weighted by molar-refractivity contribution is 7.05. The fraction of sp³-hybridized carbons (Fsp3) is 0.556. The SMILES string of the molecule is C=CCCCC(O)c1snnc1C. The summed E-state index contributed by atoms with van der Waals surface area (Å²) in [4.78, 5) is 0.893. The van der Waals surface area contributed by atoms with E-state index in [1.807, 2.05) is 13.0 Å². The average Bonchev–Trinajstić information content (AvgIpc) is 2.52. The first kappa shape index (κ1) is 10.3. The van der Waals surface area contributed by atoms with Gasteiger partial charge in [0, 0.05) is 0 Å². The van der Waals surface area contributed by atoms with Crippen molar-refractivity contribution in [1.82, 2.24) is 9.59 Å². The molecule has 3 nitrogen and oxygen atoms in total. The van der Waals surface area contributed by atoms with E-state index in [-0.39, 0.29) is 0 Å². The molecule has 1 heterocycles. The molecule has 72 valence electrons. The van der Waals surface area contributed by atoms with Crippen molar-refractivity contribution in [3.8, 4) is 0 Å². The van der Waals surface area contributed by atoms with Gasteiger partial charge in [0.2, 0.25) is 0 Å². The predicted octanol–water partition coefficient (Wildman–Crippen LogP) is 2.24. The van der Waals surface area contributed by atoms with Crippen LogP contribution in [0, 0.1) is 6.92 Å². The van der Waals surface area contributed by atoms with Crippen LogP contribution in [-0.4, -0.2) is 14.7 Å². The molecule has 0 aromatic carbocycles. The average molecular weight is 198 g/mol. The lowest BCUT2D eigenvalue weighted by molar-refractivity contribution is 0.168. The minimum atomic E-state index is -0.403. The third kappa shape index (κ3) is 2.90. The molecule has 0 radical (unpaired) electrons. The Morgan fingerprint density at radius 2 is 2.46 bits per heavy atom. The van der Waals surface area contributed by atoms with Gasteiger partial charge >= 0.3 is 0 Å². The second-order valence-corrected chi connectivity index (χ2v) is 3.74. The molecule has 1 aromatic rings. The maximum Gasteiger partial charge on any atom is 0.0917 e. The summed E-state index contributed by atoms with van der Waals surface area (Å²) in [5.41, 5.74) is 0.844. The maximum absolute atomic E-state index is 9.71. The van der Waals surface area contributed by atoms with Crippen molar-refractivity contribution in [3.05, 3.63) is 23.2 Å². The normalized spacial score (nSPS) is 12.8. The Hall–Kier alpha value is -0.740. The fourth-order valence-electron chi connectivity index (χ4n) is 1.13. The quantitative estimate of drug-likeness (QED) is 0.583. The Balaban J connectivity index is 2.44. The van der Waals surface area contributed by atoms with Crippen molar-refractivity contribution in [2.24, 2.45) is 0 Å². The summed E-state index contributed by atoms with van der Waals surface area (Å²) >= 11 is 1.28. The summed E-state index contributed by atoms with van der Waals surface area (Å²) in [6, 6.07) is 0. The van der Waals surface area contributed by atoms with Crippen LogP contribution in [0.4, 0.5) is 0 Å². The summed E-state index contributed by atoms with van der Waals surface area (Å²) in [7, 11) is 0. The zero-order chi connectivity index (χ0) is 9.68. The van der Waals surface area contributed by atoms with Crippen molar-refractivity contribution >= 4 is 11.5 Å². The highest BCUT2D eigenvalue weighted by Crippen LogP contribution is 2.23. The van der Waals surface area contributed by atoms with Crippen LogP contribution in [0.25, 0.3) is 0 Å². The van der Waals surface area contributed by atoms with Gasteiger partial charge in [-0.05, 0) is 37.7 Å². The standard InChI is InChI=1S/C9H14N2OS/c1-3-4-5-6-8(12)9-7(2)10-11-13-9/h3,8,12H,1,4-6H2,2H3. The lowest BCUT2D eigenvalue weighted by Crippen LogP contribution is -1.96. The summed E-state index contributed by atoms with van der Waals surface area (Å²) in [5.74, 6) is 0. The van der Waals surface area contributed by atoms with E-state index in [0.29, 0.717) is 0 Å². The van der Waals surface area contributed by atoms with Crippen LogP contribution in [0.15, 0.2) is 12.7 Å². The Morgan fingerprint density at radius 1 is 1.69 bits per heavy atom. The van der Waals surface area contributed by atoms with Crippen LogP contribution in [0.2, 0.25) is 0 Å². The molecule has 1 N–H and O–H groups in total. The Bertz CT molecular complexity index is 272. The van der Waals surface area contributed by atoms with E-state index in [4.69, 9.17) is 0 Å². The van der Waals surface area contributed by atoms with E-state index >= 15 is 0 Å². The molecule has 0 aliphatic rings. The molecule has 0 saturated carbocycles. The minimum absolute atomic E-state index is 0.403. The van der Waals surface area contributed by atoms with Crippen molar-refractivity contribution in [2.75, 3.05) is 0 Å². The van der Waals surface area contributed by atoms with Gasteiger partial charge in [0.15, 0.2) is 0 Å². The van der Waals surface area contributed by atoms with Crippen LogP contribution in [0.1, 0.15) is 35.9 Å². The lowest BCUT2D eigenvalue weighted by Gasteiger charge is -2.06. The first-order chi connectivity index (χ1) is 6.25. The number of hydrogen-bond acceptors (Lipinski definition) is 4. The highest BCUT2D eigenvalue weighted by Gasteiger charge is 2.12. The number of aliphatic hydroxyl groups is 1. The second-order valence-electron chi connectivity index (χ2n) is 2.96. The first-order valence-corrected chi connectivity index (χ1v) is 5.11. The molecule has 13 heavy (non-hydrogen) atoms. The molecule has 1 atom stereocenters. The minimum Gasteiger partial charge on any atom is -0.387 e. The van der Waals surface area contributed by atoms with Crippen molar-refractivity contribution in [3.63, 3.8) is 0 Å². The number of aliphatic hydroxyl groups excluding tert-OH is 1. The number of hydrogen-bond donors (Lipinski definition) is 1. The number of aryl methyl sites for hydroxylation is 1. The smallest absolute Gasteiger partial charge is 0.0917 e. The van der Waals surface area contributed by atoms with E-state index in [2.05, 4.69) is 16.2 Å². The molecule has 0 saturated heterocycles. The van der Waals surface area contributed by atoms with Crippen LogP contribution in [-0.2, 0) is 0 Å². The zero-order valence-electron chi connectivity index (χ0n) is 7.73. The fourth-order valence-corrected chi connectivity index (χ4v) is 1.79. The largest absolute Gasteiger partial charge is 0.387 e. The lowest BCUT2D eigenvalue weighted by atomic mass is 10.1. The number of rotatable bonds is 5. The number of nitrogens with zero attached hydrogens (tertiary/aromatic N) is 2. The van der Waals surface area contributed by atoms with E-state index in [9.17, 15) is 5.11 Å². The second kappa shape index (κ2) is 5.09. The van der Waals surface area contributed by atoms with Crippen molar-refractivity contribution in [1.29, 1.82) is 0 Å². The molecule has 0 aliphatic carbocycles. The van der Waals surface area contributed by atoms with Crippen LogP contribution in [0.3, 0.4) is 0 Å². The van der Waals surface area contributed by atoms with Gasteiger partial charge in [-0.3, -0.25) is 0 Å². The molecule has 1 aromatic heterocycles. The zero-order valence-corrected chi connectivity index (χ0v) is 8.55. The van der Waals surface area contributed by atoms with E-state index in [1.165, 1.54) is 11.5 Å². The Labute approximate surface area is 82.3 Å². The molecule has 1 rings (SSSR count). The molecular formula is C9H14N2OS. The molecule has 0 fully saturated rings. The van der Waals surface area contributed by atoms with Gasteiger partial charge in [-0.15, -0.1) is 11.7 Å². The third-order valence-corrected chi connectivity index (χ3v) is 2.80. The summed E-state index contributed by atoms with van der Waals surface area (Å²) in [5, 5.41) is 13.6. The molecular weight excluding hydrogens is 184 g/mol. The van der Waals surface area contributed by atoms with Crippen LogP contribution >= 0.6 is 11.5 Å². The van der Waals surface area contributed by atoms with Gasteiger partial charge in [0.25, 0.3) is 0 Å². The van der Waals surface area contributed by atoms with Crippen LogP contribution < -0.4 is 0 Å². The summed E-state index contributed by atoms with van der Waals surface area (Å²) in [6.07, 6.45) is 4.13. The highest BCUT2D eigenvalue weighted by atomic mass is 32.1. The Morgan fingerprint density at radius 3 is 3.00 bits per heavy atom. The van der Waals surface area contributed by atoms with Gasteiger partial charge in [-0.25, -0.2) is 0 Å². The number of allylic oxidation sites excluding steroid dienone is 1. The molecule has 0 amide bonds. The summed E-state index contributed by atoms with van der Waals surface area (Å²) < 4.78 is 3.78. The topological polar surface area (TPSA) is 46.0 Å². The van der Waals surface area contributed by atoms with Gasteiger partial charge in [-0.1, -0.05) is 10.6 Å². The maximum atomic E-state index is 9.71. The van der Waals surface area contributed by atoms with E-state index in [0.717, 1.165) is 29.8 Å². The monoisotopic (exact) mass is 198 g/mol. The number of aromatic nitrogens is 2. The predicted molar refractivity (Wildman–Crippen MR) is 53.7 cm³/mol. The van der Waals surface area contributed by atoms with Crippen molar-refractivity contribution in [2.45, 2.75) is 32.3 Å². The van der Waals surface area contributed by atoms with Gasteiger partial charge in [0.1, 0.15) is 0 Å².